The molecule has 0 aliphatic rings. The number of para-hydroxylation sites is 1. The summed E-state index contributed by atoms with van der Waals surface area (Å²) < 4.78 is 12.5. The zero-order valence-corrected chi connectivity index (χ0v) is 21.1. The van der Waals surface area contributed by atoms with Gasteiger partial charge in [0.2, 0.25) is 5.91 Å². The summed E-state index contributed by atoms with van der Waals surface area (Å²) >= 11 is 7.42. The van der Waals surface area contributed by atoms with Crippen LogP contribution < -0.4 is 14.8 Å². The second-order valence-electron chi connectivity index (χ2n) is 7.80. The predicted molar refractivity (Wildman–Crippen MR) is 143 cm³/mol. The smallest absolute Gasteiger partial charge is 0.234 e. The summed E-state index contributed by atoms with van der Waals surface area (Å²) in [5, 5.41) is 14.0. The molecule has 5 aromatic rings. The van der Waals surface area contributed by atoms with E-state index in [2.05, 4.69) is 20.5 Å². The number of halogens is 1. The van der Waals surface area contributed by atoms with E-state index in [0.717, 1.165) is 22.2 Å². The number of anilines is 1. The number of rotatable bonds is 8. The summed E-state index contributed by atoms with van der Waals surface area (Å²) in [6, 6.07) is 20.6. The summed E-state index contributed by atoms with van der Waals surface area (Å²) in [7, 11) is 3.12. The van der Waals surface area contributed by atoms with E-state index >= 15 is 0 Å². The maximum Gasteiger partial charge on any atom is 0.234 e. The van der Waals surface area contributed by atoms with Crippen molar-refractivity contribution in [1.29, 1.82) is 0 Å². The van der Waals surface area contributed by atoms with Crippen LogP contribution in [0.5, 0.6) is 11.5 Å². The van der Waals surface area contributed by atoms with Gasteiger partial charge in [-0.2, -0.15) is 0 Å². The van der Waals surface area contributed by atoms with Crippen LogP contribution in [0.2, 0.25) is 5.02 Å². The second-order valence-corrected chi connectivity index (χ2v) is 9.18. The number of thioether (sulfide) groups is 1. The molecule has 0 aliphatic heterocycles. The van der Waals surface area contributed by atoms with Gasteiger partial charge in [0.05, 0.1) is 20.0 Å². The molecule has 0 unspecified atom stereocenters. The summed E-state index contributed by atoms with van der Waals surface area (Å²) in [5.74, 6) is 1.76. The molecule has 0 bridgehead atoms. The van der Waals surface area contributed by atoms with Gasteiger partial charge in [-0.15, -0.1) is 10.2 Å². The van der Waals surface area contributed by atoms with Crippen molar-refractivity contribution in [3.63, 3.8) is 0 Å². The van der Waals surface area contributed by atoms with Gasteiger partial charge in [-0.3, -0.25) is 9.36 Å². The van der Waals surface area contributed by atoms with Crippen LogP contribution in [-0.4, -0.2) is 45.6 Å². The Morgan fingerprint density at radius 1 is 1.03 bits per heavy atom. The maximum absolute atomic E-state index is 12.8. The molecule has 182 valence electrons. The Hall–Kier alpha value is -3.95. The van der Waals surface area contributed by atoms with Crippen LogP contribution in [0.15, 0.2) is 78.1 Å². The van der Waals surface area contributed by atoms with Crippen molar-refractivity contribution >= 4 is 45.9 Å². The molecular formula is C26H22ClN5O3S. The molecule has 0 fully saturated rings. The highest BCUT2D eigenvalue weighted by molar-refractivity contribution is 7.99. The number of hydrogen-bond donors (Lipinski definition) is 2. The fourth-order valence-corrected chi connectivity index (χ4v) is 4.70. The highest BCUT2D eigenvalue weighted by atomic mass is 35.5. The van der Waals surface area contributed by atoms with E-state index in [1.165, 1.54) is 11.8 Å². The summed E-state index contributed by atoms with van der Waals surface area (Å²) in [5.41, 5.74) is 3.33. The van der Waals surface area contributed by atoms with E-state index < -0.39 is 0 Å². The highest BCUT2D eigenvalue weighted by Gasteiger charge is 2.20. The maximum atomic E-state index is 12.8. The van der Waals surface area contributed by atoms with Crippen molar-refractivity contribution in [1.82, 2.24) is 19.7 Å². The largest absolute Gasteiger partial charge is 0.497 e. The molecule has 0 saturated carbocycles. The molecule has 2 heterocycles. The van der Waals surface area contributed by atoms with E-state index in [1.54, 1.807) is 32.4 Å². The van der Waals surface area contributed by atoms with Gasteiger partial charge in [0.15, 0.2) is 11.0 Å². The monoisotopic (exact) mass is 519 g/mol. The molecule has 0 radical (unpaired) electrons. The van der Waals surface area contributed by atoms with E-state index in [9.17, 15) is 4.79 Å². The fraction of sp³-hybridized carbons (Fsp3) is 0.115. The fourth-order valence-electron chi connectivity index (χ4n) is 3.82. The number of carbonyl (C=O) groups is 1. The summed E-state index contributed by atoms with van der Waals surface area (Å²) in [6.07, 6.45) is 1.92. The van der Waals surface area contributed by atoms with E-state index in [1.807, 2.05) is 59.3 Å². The van der Waals surface area contributed by atoms with Crippen molar-refractivity contribution in [3.05, 3.63) is 77.9 Å². The average Bonchev–Trinajstić information content (AvgIpc) is 3.51. The van der Waals surface area contributed by atoms with Crippen molar-refractivity contribution in [2.24, 2.45) is 0 Å². The Kier molecular flexibility index (Phi) is 6.84. The Bertz CT molecular complexity index is 1510. The first-order valence-corrected chi connectivity index (χ1v) is 12.4. The number of nitrogens with zero attached hydrogens (tertiary/aromatic N) is 3. The van der Waals surface area contributed by atoms with Crippen LogP contribution in [0, 0.1) is 0 Å². The molecule has 5 rings (SSSR count). The van der Waals surface area contributed by atoms with Gasteiger partial charge in [0.25, 0.3) is 0 Å². The van der Waals surface area contributed by atoms with Crippen molar-refractivity contribution in [3.8, 4) is 28.6 Å². The number of hydrogen-bond acceptors (Lipinski definition) is 6. The highest BCUT2D eigenvalue weighted by Crippen LogP contribution is 2.33. The quantitative estimate of drug-likeness (QED) is 0.251. The normalized spacial score (nSPS) is 11.0. The third-order valence-electron chi connectivity index (χ3n) is 5.52. The number of aromatic nitrogens is 4. The second kappa shape index (κ2) is 10.3. The molecule has 0 spiro atoms. The molecule has 10 heteroatoms. The number of carbonyl (C=O) groups excluding carboxylic acids is 1. The molecule has 2 aromatic heterocycles. The topological polar surface area (TPSA) is 94.1 Å². The standard InChI is InChI=1S/C26H22ClN5O3S/c1-34-19-11-17(12-20(13-19)35-2)29-24(33)15-36-26-31-30-25(32(26)18-9-7-16(27)8-10-18)22-14-28-23-6-4-3-5-21(22)23/h3-14,28H,15H2,1-2H3,(H,29,33). The number of fused-ring (bicyclic) bond motifs is 1. The zero-order valence-electron chi connectivity index (χ0n) is 19.5. The van der Waals surface area contributed by atoms with Crippen LogP contribution in [0.1, 0.15) is 0 Å². The van der Waals surface area contributed by atoms with Crippen LogP contribution in [0.25, 0.3) is 28.0 Å². The van der Waals surface area contributed by atoms with Crippen LogP contribution in [0.3, 0.4) is 0 Å². The first-order valence-electron chi connectivity index (χ1n) is 11.0. The SMILES string of the molecule is COc1cc(NC(=O)CSc2nnc(-c3c[nH]c4ccccc34)n2-c2ccc(Cl)cc2)cc(OC)c1. The summed E-state index contributed by atoms with van der Waals surface area (Å²) in [4.78, 5) is 16.1. The Morgan fingerprint density at radius 3 is 2.47 bits per heavy atom. The van der Waals surface area contributed by atoms with Crippen molar-refractivity contribution < 1.29 is 14.3 Å². The first-order chi connectivity index (χ1) is 17.6. The lowest BCUT2D eigenvalue weighted by Gasteiger charge is -2.11. The minimum absolute atomic E-state index is 0.124. The zero-order chi connectivity index (χ0) is 25.1. The van der Waals surface area contributed by atoms with E-state index in [0.29, 0.717) is 33.2 Å². The number of ether oxygens (including phenoxy) is 2. The van der Waals surface area contributed by atoms with Crippen molar-refractivity contribution in [2.45, 2.75) is 5.16 Å². The van der Waals surface area contributed by atoms with Crippen molar-refractivity contribution in [2.75, 3.05) is 25.3 Å². The molecular weight excluding hydrogens is 498 g/mol. The average molecular weight is 520 g/mol. The number of benzene rings is 3. The van der Waals surface area contributed by atoms with Crippen LogP contribution in [0.4, 0.5) is 5.69 Å². The number of aromatic amines is 1. The van der Waals surface area contributed by atoms with Gasteiger partial charge in [-0.05, 0) is 30.3 Å². The summed E-state index contributed by atoms with van der Waals surface area (Å²) in [6.45, 7) is 0. The number of methoxy groups -OCH3 is 2. The van der Waals surface area contributed by atoms with Gasteiger partial charge in [0.1, 0.15) is 11.5 Å². The number of amides is 1. The van der Waals surface area contributed by atoms with Crippen LogP contribution >= 0.6 is 23.4 Å². The molecule has 36 heavy (non-hydrogen) atoms. The van der Waals surface area contributed by atoms with Gasteiger partial charge in [-0.1, -0.05) is 41.6 Å². The third-order valence-corrected chi connectivity index (χ3v) is 6.70. The molecule has 3 aromatic carbocycles. The lowest BCUT2D eigenvalue weighted by Crippen LogP contribution is -2.14. The van der Waals surface area contributed by atoms with E-state index in [-0.39, 0.29) is 11.7 Å². The molecule has 0 aliphatic carbocycles. The predicted octanol–water partition coefficient (Wildman–Crippen LogP) is 5.82. The Labute approximate surface area is 216 Å². The number of nitrogens with one attached hydrogen (secondary N) is 2. The molecule has 8 nitrogen and oxygen atoms in total. The Balaban J connectivity index is 1.44. The van der Waals surface area contributed by atoms with Gasteiger partial charge < -0.3 is 19.8 Å². The molecule has 1 amide bonds. The molecule has 0 atom stereocenters. The Morgan fingerprint density at radius 2 is 1.75 bits per heavy atom. The van der Waals surface area contributed by atoms with Crippen LogP contribution in [-0.2, 0) is 4.79 Å². The van der Waals surface area contributed by atoms with Gasteiger partial charge in [0, 0.05) is 57.3 Å². The first kappa shape index (κ1) is 23.8. The van der Waals surface area contributed by atoms with Gasteiger partial charge >= 0.3 is 0 Å². The minimum atomic E-state index is -0.199. The lowest BCUT2D eigenvalue weighted by atomic mass is 10.1. The molecule has 0 saturated heterocycles. The third kappa shape index (κ3) is 4.89. The molecule has 2 N–H and O–H groups in total. The minimum Gasteiger partial charge on any atom is -0.497 e. The lowest BCUT2D eigenvalue weighted by molar-refractivity contribution is -0.113. The number of H-pyrrole nitrogens is 1. The van der Waals surface area contributed by atoms with E-state index in [4.69, 9.17) is 21.1 Å². The van der Waals surface area contributed by atoms with Gasteiger partial charge in [-0.25, -0.2) is 0 Å².